The van der Waals surface area contributed by atoms with E-state index in [2.05, 4.69) is 41.7 Å². The van der Waals surface area contributed by atoms with Crippen molar-refractivity contribution in [2.75, 3.05) is 21.3 Å². The van der Waals surface area contributed by atoms with E-state index in [0.717, 1.165) is 38.1 Å². The number of Topliss-reactive ketones (excluding diaryl/α,β-unsaturated/α-hetero) is 2. The normalized spacial score (nSPS) is 12.7. The number of aryl methyl sites for hydroxylation is 2. The predicted octanol–water partition coefficient (Wildman–Crippen LogP) is 13.3. The van der Waals surface area contributed by atoms with Gasteiger partial charge in [0.25, 0.3) is 23.6 Å². The Balaban J connectivity index is 1.31. The molecule has 5 aromatic rings. The van der Waals surface area contributed by atoms with Gasteiger partial charge < -0.3 is 21.3 Å². The van der Waals surface area contributed by atoms with Crippen LogP contribution in [-0.2, 0) is 44.4 Å². The molecule has 0 aromatic heterocycles. The van der Waals surface area contributed by atoms with Crippen molar-refractivity contribution in [2.24, 2.45) is 20.5 Å². The minimum absolute atomic E-state index is 0.0546. The van der Waals surface area contributed by atoms with Gasteiger partial charge in [-0.05, 0) is 123 Å². The fraction of sp³-hybridized carbons (Fsp3) is 0.217. The van der Waals surface area contributed by atoms with Gasteiger partial charge in [-0.25, -0.2) is 0 Å². The van der Waals surface area contributed by atoms with Gasteiger partial charge in [0.05, 0.1) is 21.2 Å². The van der Waals surface area contributed by atoms with E-state index >= 15 is 0 Å². The van der Waals surface area contributed by atoms with Gasteiger partial charge in [0.15, 0.2) is 11.6 Å². The molecular weight excluding hydrogens is 1020 g/mol. The molecule has 5 aromatic carbocycles. The molecule has 2 unspecified atom stereocenters. The van der Waals surface area contributed by atoms with E-state index in [0.29, 0.717) is 35.4 Å². The van der Waals surface area contributed by atoms with Crippen LogP contribution in [0.1, 0.15) is 70.7 Å². The smallest absolute Gasteiger partial charge is 0.323 e. The summed E-state index contributed by atoms with van der Waals surface area (Å²) in [6, 6.07) is 11.9. The van der Waals surface area contributed by atoms with Crippen LogP contribution in [0.4, 0.5) is 60.5 Å². The van der Waals surface area contributed by atoms with Crippen LogP contribution in [0.2, 0.25) is 20.1 Å². The molecule has 0 aliphatic rings. The minimum atomic E-state index is -4.74. The quantitative estimate of drug-likeness (QED) is 0.0430. The van der Waals surface area contributed by atoms with Crippen LogP contribution in [0.25, 0.3) is 0 Å². The maximum absolute atomic E-state index is 13.6. The van der Waals surface area contributed by atoms with Gasteiger partial charge in [-0.15, -0.1) is 0 Å². The molecule has 5 rings (SSSR count). The standard InChI is InChI=1S/C46H36Cl4F6N8O6/c1-5-23-11-36(60-44(70)40(22(4)66)64-62-38-14-26(8-10-34(38)50)42(68)58-32-18-28(46(54,55)56)16-30(48)20-32)24(6-2)12-35(23)59-43(69)39(21(3)65)63-61-37-13-25(7-9-33(37)49)41(67)57-31-17-27(45(51,52)53)15-29(47)19-31/h7-20,39-40H,5-6H2,1-4H3,(H,57,67)(H,58,68)(H,59,69)(H,60,70). The lowest BCUT2D eigenvalue weighted by atomic mass is 10.0. The van der Waals surface area contributed by atoms with Crippen molar-refractivity contribution in [3.05, 3.63) is 138 Å². The second-order valence-corrected chi connectivity index (χ2v) is 16.7. The lowest BCUT2D eigenvalue weighted by molar-refractivity contribution is -0.138. The van der Waals surface area contributed by atoms with Crippen LogP contribution in [0.5, 0.6) is 0 Å². The summed E-state index contributed by atoms with van der Waals surface area (Å²) < 4.78 is 79.9. The highest BCUT2D eigenvalue weighted by Crippen LogP contribution is 2.36. The van der Waals surface area contributed by atoms with Crippen molar-refractivity contribution in [1.82, 2.24) is 0 Å². The lowest BCUT2D eigenvalue weighted by Gasteiger charge is -2.18. The van der Waals surface area contributed by atoms with Crippen LogP contribution < -0.4 is 21.3 Å². The van der Waals surface area contributed by atoms with E-state index < -0.39 is 70.8 Å². The number of ketones is 2. The largest absolute Gasteiger partial charge is 0.416 e. The van der Waals surface area contributed by atoms with Crippen LogP contribution in [0.3, 0.4) is 0 Å². The van der Waals surface area contributed by atoms with E-state index in [1.807, 2.05) is 0 Å². The van der Waals surface area contributed by atoms with Gasteiger partial charge in [0, 0.05) is 43.9 Å². The Hall–Kier alpha value is -6.74. The number of hydrogen-bond donors (Lipinski definition) is 4. The topological polar surface area (TPSA) is 200 Å². The number of hydrogen-bond acceptors (Lipinski definition) is 10. The molecule has 0 aliphatic carbocycles. The van der Waals surface area contributed by atoms with E-state index in [-0.39, 0.29) is 78.2 Å². The number of nitrogens with zero attached hydrogens (tertiary/aromatic N) is 4. The highest BCUT2D eigenvalue weighted by Gasteiger charge is 2.33. The molecule has 4 N–H and O–H groups in total. The molecule has 4 amide bonds. The second kappa shape index (κ2) is 22.8. The number of halogens is 10. The monoisotopic (exact) mass is 1050 g/mol. The number of rotatable bonds is 16. The summed E-state index contributed by atoms with van der Waals surface area (Å²) in [4.78, 5) is 78.7. The maximum atomic E-state index is 13.6. The Morgan fingerprint density at radius 2 is 0.871 bits per heavy atom. The van der Waals surface area contributed by atoms with E-state index in [1.165, 1.54) is 36.4 Å². The van der Waals surface area contributed by atoms with Crippen LogP contribution in [0, 0.1) is 0 Å². The summed E-state index contributed by atoms with van der Waals surface area (Å²) in [5.74, 6) is -5.07. The zero-order chi connectivity index (χ0) is 51.8. The highest BCUT2D eigenvalue weighted by atomic mass is 35.5. The van der Waals surface area contributed by atoms with Gasteiger partial charge in [-0.1, -0.05) is 60.3 Å². The summed E-state index contributed by atoms with van der Waals surface area (Å²) >= 11 is 24.2. The molecule has 0 bridgehead atoms. The van der Waals surface area contributed by atoms with Crippen molar-refractivity contribution >= 4 is 116 Å². The molecule has 24 heteroatoms. The van der Waals surface area contributed by atoms with Crippen molar-refractivity contribution in [1.29, 1.82) is 0 Å². The van der Waals surface area contributed by atoms with Gasteiger partial charge in [0.2, 0.25) is 12.1 Å². The molecule has 2 atom stereocenters. The van der Waals surface area contributed by atoms with Crippen molar-refractivity contribution in [3.63, 3.8) is 0 Å². The van der Waals surface area contributed by atoms with E-state index in [9.17, 15) is 55.1 Å². The first-order chi connectivity index (χ1) is 32.8. The Kier molecular flexibility index (Phi) is 17.6. The first kappa shape index (κ1) is 54.2. The second-order valence-electron chi connectivity index (χ2n) is 15.0. The molecule has 14 nitrogen and oxygen atoms in total. The third kappa shape index (κ3) is 14.2. The fourth-order valence-corrected chi connectivity index (χ4v) is 7.09. The summed E-state index contributed by atoms with van der Waals surface area (Å²) in [6.07, 6.45) is -8.94. The minimum Gasteiger partial charge on any atom is -0.323 e. The van der Waals surface area contributed by atoms with Crippen LogP contribution in [-0.4, -0.2) is 47.3 Å². The average molecular weight is 1050 g/mol. The number of alkyl halides is 6. The van der Waals surface area contributed by atoms with Crippen molar-refractivity contribution in [3.8, 4) is 0 Å². The third-order valence-electron chi connectivity index (χ3n) is 9.82. The fourth-order valence-electron chi connectivity index (χ4n) is 6.30. The van der Waals surface area contributed by atoms with Crippen molar-refractivity contribution < 1.29 is 55.1 Å². The third-order valence-corrected chi connectivity index (χ3v) is 10.9. The molecular formula is C46H36Cl4F6N8O6. The first-order valence-electron chi connectivity index (χ1n) is 20.3. The van der Waals surface area contributed by atoms with Crippen LogP contribution in [0.15, 0.2) is 105 Å². The van der Waals surface area contributed by atoms with Gasteiger partial charge in [0.1, 0.15) is 11.4 Å². The zero-order valence-corrected chi connectivity index (χ0v) is 39.7. The molecule has 0 heterocycles. The Bertz CT molecular complexity index is 2770. The number of carbonyl (C=O) groups is 6. The molecule has 0 saturated heterocycles. The molecule has 0 radical (unpaired) electrons. The summed E-state index contributed by atoms with van der Waals surface area (Å²) in [5, 5.41) is 24.9. The van der Waals surface area contributed by atoms with Gasteiger partial charge >= 0.3 is 12.4 Å². The van der Waals surface area contributed by atoms with E-state index in [1.54, 1.807) is 13.8 Å². The maximum Gasteiger partial charge on any atom is 0.416 e. The van der Waals surface area contributed by atoms with Gasteiger partial charge in [-0.2, -0.15) is 46.8 Å². The lowest BCUT2D eigenvalue weighted by Crippen LogP contribution is -2.33. The summed E-state index contributed by atoms with van der Waals surface area (Å²) in [7, 11) is 0. The van der Waals surface area contributed by atoms with Crippen LogP contribution >= 0.6 is 46.4 Å². The summed E-state index contributed by atoms with van der Waals surface area (Å²) in [5.41, 5.74) is -1.88. The molecule has 0 saturated carbocycles. The number of azo groups is 2. The number of benzene rings is 5. The average Bonchev–Trinajstić information content (AvgIpc) is 3.26. The zero-order valence-electron chi connectivity index (χ0n) is 36.7. The molecule has 0 aliphatic heterocycles. The predicted molar refractivity (Wildman–Crippen MR) is 252 cm³/mol. The summed E-state index contributed by atoms with van der Waals surface area (Å²) in [6.45, 7) is 5.63. The van der Waals surface area contributed by atoms with E-state index in [4.69, 9.17) is 46.4 Å². The molecule has 0 spiro atoms. The number of amides is 4. The number of nitrogens with one attached hydrogen (secondary N) is 4. The molecule has 366 valence electrons. The number of anilines is 4. The highest BCUT2D eigenvalue weighted by molar-refractivity contribution is 6.34. The number of carbonyl (C=O) groups excluding carboxylic acids is 6. The molecule has 70 heavy (non-hydrogen) atoms. The Morgan fingerprint density at radius 1 is 0.514 bits per heavy atom. The Morgan fingerprint density at radius 3 is 1.19 bits per heavy atom. The first-order valence-corrected chi connectivity index (χ1v) is 21.9. The Labute approximate surface area is 414 Å². The van der Waals surface area contributed by atoms with Gasteiger partial charge in [-0.3, -0.25) is 28.8 Å². The SMILES string of the molecule is CCc1cc(NC(=O)C(N=Nc2cc(C(=O)Nc3cc(Cl)cc(C(F)(F)F)c3)ccc2Cl)C(C)=O)c(CC)cc1NC(=O)C(N=Nc1cc(C(=O)Nc2cc(Cl)cc(C(F)(F)F)c2)ccc1Cl)C(C)=O. The van der Waals surface area contributed by atoms with Crippen molar-refractivity contribution in [2.45, 2.75) is 65.0 Å². The molecule has 0 fully saturated rings.